The smallest absolute Gasteiger partial charge is 0.0624 e. The monoisotopic (exact) mass is 284 g/mol. The predicted octanol–water partition coefficient (Wildman–Crippen LogP) is 3.57. The van der Waals surface area contributed by atoms with E-state index in [1.54, 1.807) is 0 Å². The van der Waals surface area contributed by atoms with Crippen molar-refractivity contribution in [1.29, 1.82) is 0 Å². The lowest BCUT2D eigenvalue weighted by Crippen LogP contribution is -2.34. The van der Waals surface area contributed by atoms with Gasteiger partial charge < -0.3 is 0 Å². The molecule has 0 radical (unpaired) electrons. The van der Waals surface area contributed by atoms with E-state index in [0.29, 0.717) is 5.41 Å². The topological polar surface area (TPSA) is 17.8 Å². The van der Waals surface area contributed by atoms with E-state index < -0.39 is 0 Å². The third-order valence-electron chi connectivity index (χ3n) is 3.83. The Morgan fingerprint density at radius 3 is 2.62 bits per heavy atom. The number of aromatic nitrogens is 2. The first-order chi connectivity index (χ1) is 7.73. The van der Waals surface area contributed by atoms with Gasteiger partial charge in [0, 0.05) is 17.6 Å². The van der Waals surface area contributed by atoms with Crippen LogP contribution in [0.1, 0.15) is 44.5 Å². The van der Waals surface area contributed by atoms with Crippen LogP contribution in [0, 0.1) is 5.41 Å². The minimum atomic E-state index is 0.526. The van der Waals surface area contributed by atoms with Crippen LogP contribution in [0.15, 0.2) is 6.07 Å². The molecule has 1 aromatic rings. The molecule has 1 saturated carbocycles. The van der Waals surface area contributed by atoms with Crippen molar-refractivity contribution in [2.45, 2.75) is 52.5 Å². The first kappa shape index (κ1) is 12.2. The lowest BCUT2D eigenvalue weighted by molar-refractivity contribution is 0.166. The van der Waals surface area contributed by atoms with Crippen molar-refractivity contribution in [2.24, 2.45) is 5.41 Å². The molecule has 1 aliphatic carbocycles. The Kier molecular flexibility index (Phi) is 3.73. The molecule has 2 nitrogen and oxygen atoms in total. The van der Waals surface area contributed by atoms with Gasteiger partial charge in [0.05, 0.1) is 5.69 Å². The molecule has 0 saturated heterocycles. The van der Waals surface area contributed by atoms with Crippen LogP contribution in [0.25, 0.3) is 0 Å². The zero-order valence-corrected chi connectivity index (χ0v) is 11.9. The highest BCUT2D eigenvalue weighted by Crippen LogP contribution is 2.45. The van der Waals surface area contributed by atoms with Crippen LogP contribution in [0.4, 0.5) is 0 Å². The number of hydrogen-bond acceptors (Lipinski definition) is 1. The molecule has 0 atom stereocenters. The molecule has 1 aliphatic rings. The zero-order chi connectivity index (χ0) is 11.6. The standard InChI is InChI=1S/C13H21BrN2/c1-3-11-8-12(16(4-2)15-11)9-13(10-14)6-5-7-13/h8H,3-7,9-10H2,1-2H3. The quantitative estimate of drug-likeness (QED) is 0.756. The summed E-state index contributed by atoms with van der Waals surface area (Å²) in [7, 11) is 0. The van der Waals surface area contributed by atoms with Crippen LogP contribution in [-0.2, 0) is 19.4 Å². The Balaban J connectivity index is 2.16. The van der Waals surface area contributed by atoms with Crippen LogP contribution in [0.3, 0.4) is 0 Å². The van der Waals surface area contributed by atoms with Gasteiger partial charge in [-0.15, -0.1) is 0 Å². The van der Waals surface area contributed by atoms with Crippen molar-refractivity contribution in [2.75, 3.05) is 5.33 Å². The van der Waals surface area contributed by atoms with Crippen molar-refractivity contribution in [3.63, 3.8) is 0 Å². The number of halogens is 1. The molecular weight excluding hydrogens is 264 g/mol. The summed E-state index contributed by atoms with van der Waals surface area (Å²) in [5.74, 6) is 0. The Labute approximate surface area is 107 Å². The second-order valence-electron chi connectivity index (χ2n) is 4.96. The van der Waals surface area contributed by atoms with E-state index in [1.807, 2.05) is 0 Å². The Hall–Kier alpha value is -0.310. The van der Waals surface area contributed by atoms with E-state index in [2.05, 4.69) is 45.6 Å². The predicted molar refractivity (Wildman–Crippen MR) is 71.1 cm³/mol. The van der Waals surface area contributed by atoms with Crippen LogP contribution in [0.2, 0.25) is 0 Å². The number of alkyl halides is 1. The van der Waals surface area contributed by atoms with Gasteiger partial charge in [0.2, 0.25) is 0 Å². The molecule has 0 aromatic carbocycles. The number of aryl methyl sites for hydroxylation is 2. The molecule has 0 aliphatic heterocycles. The first-order valence-electron chi connectivity index (χ1n) is 6.34. The van der Waals surface area contributed by atoms with Gasteiger partial charge in [0.15, 0.2) is 0 Å². The fourth-order valence-electron chi connectivity index (χ4n) is 2.52. The van der Waals surface area contributed by atoms with Gasteiger partial charge >= 0.3 is 0 Å². The largest absolute Gasteiger partial charge is 0.270 e. The molecule has 1 fully saturated rings. The van der Waals surface area contributed by atoms with E-state index in [1.165, 1.54) is 37.1 Å². The highest BCUT2D eigenvalue weighted by atomic mass is 79.9. The molecule has 1 aromatic heterocycles. The summed E-state index contributed by atoms with van der Waals surface area (Å²) in [6.45, 7) is 5.35. The molecule has 3 heteroatoms. The molecule has 1 heterocycles. The minimum Gasteiger partial charge on any atom is -0.270 e. The van der Waals surface area contributed by atoms with Crippen LogP contribution >= 0.6 is 15.9 Å². The Morgan fingerprint density at radius 2 is 2.19 bits per heavy atom. The second-order valence-corrected chi connectivity index (χ2v) is 5.52. The summed E-state index contributed by atoms with van der Waals surface area (Å²) in [4.78, 5) is 0. The molecule has 0 spiro atoms. The summed E-state index contributed by atoms with van der Waals surface area (Å²) in [6, 6.07) is 2.30. The Morgan fingerprint density at radius 1 is 1.44 bits per heavy atom. The van der Waals surface area contributed by atoms with E-state index in [4.69, 9.17) is 0 Å². The lowest BCUT2D eigenvalue weighted by atomic mass is 9.67. The van der Waals surface area contributed by atoms with E-state index in [0.717, 1.165) is 18.3 Å². The summed E-state index contributed by atoms with van der Waals surface area (Å²) in [5.41, 5.74) is 3.19. The molecule has 0 bridgehead atoms. The summed E-state index contributed by atoms with van der Waals surface area (Å²) in [6.07, 6.45) is 6.37. The van der Waals surface area contributed by atoms with Gasteiger partial charge in [0.1, 0.15) is 0 Å². The molecule has 0 N–H and O–H groups in total. The molecule has 2 rings (SSSR count). The van der Waals surface area contributed by atoms with Crippen molar-refractivity contribution in [1.82, 2.24) is 9.78 Å². The van der Waals surface area contributed by atoms with Gasteiger partial charge in [-0.1, -0.05) is 29.3 Å². The number of nitrogens with zero attached hydrogens (tertiary/aromatic N) is 2. The average molecular weight is 285 g/mol. The van der Waals surface area contributed by atoms with Gasteiger partial charge in [-0.25, -0.2) is 0 Å². The van der Waals surface area contributed by atoms with Crippen LogP contribution in [-0.4, -0.2) is 15.1 Å². The maximum Gasteiger partial charge on any atom is 0.0624 e. The fourth-order valence-corrected chi connectivity index (χ4v) is 3.28. The SMILES string of the molecule is CCc1cc(CC2(CBr)CCC2)n(CC)n1. The normalized spacial score (nSPS) is 18.4. The minimum absolute atomic E-state index is 0.526. The molecule has 0 amide bonds. The van der Waals surface area contributed by atoms with E-state index in [-0.39, 0.29) is 0 Å². The highest BCUT2D eigenvalue weighted by Gasteiger charge is 2.36. The van der Waals surface area contributed by atoms with Crippen molar-refractivity contribution >= 4 is 15.9 Å². The maximum atomic E-state index is 4.63. The third kappa shape index (κ3) is 2.20. The van der Waals surface area contributed by atoms with Crippen molar-refractivity contribution < 1.29 is 0 Å². The van der Waals surface area contributed by atoms with Gasteiger partial charge in [0.25, 0.3) is 0 Å². The van der Waals surface area contributed by atoms with Crippen LogP contribution < -0.4 is 0 Å². The van der Waals surface area contributed by atoms with Crippen molar-refractivity contribution in [3.8, 4) is 0 Å². The second kappa shape index (κ2) is 4.91. The highest BCUT2D eigenvalue weighted by molar-refractivity contribution is 9.09. The molecule has 0 unspecified atom stereocenters. The van der Waals surface area contributed by atoms with Crippen LogP contribution in [0.5, 0.6) is 0 Å². The Bertz CT molecular complexity index is 347. The summed E-state index contributed by atoms with van der Waals surface area (Å²) < 4.78 is 2.18. The first-order valence-corrected chi connectivity index (χ1v) is 7.47. The lowest BCUT2D eigenvalue weighted by Gasteiger charge is -2.40. The van der Waals surface area contributed by atoms with Gasteiger partial charge in [-0.05, 0) is 44.1 Å². The molecule has 90 valence electrons. The molecular formula is C13H21BrN2. The third-order valence-corrected chi connectivity index (χ3v) is 5.02. The van der Waals surface area contributed by atoms with Crippen molar-refractivity contribution in [3.05, 3.63) is 17.5 Å². The zero-order valence-electron chi connectivity index (χ0n) is 10.3. The van der Waals surface area contributed by atoms with Gasteiger partial charge in [-0.2, -0.15) is 5.10 Å². The summed E-state index contributed by atoms with van der Waals surface area (Å²) >= 11 is 3.68. The van der Waals surface area contributed by atoms with Gasteiger partial charge in [-0.3, -0.25) is 4.68 Å². The average Bonchev–Trinajstić information content (AvgIpc) is 2.65. The molecule has 16 heavy (non-hydrogen) atoms. The number of rotatable bonds is 5. The fraction of sp³-hybridized carbons (Fsp3) is 0.769. The maximum absolute atomic E-state index is 4.63. The number of hydrogen-bond donors (Lipinski definition) is 0. The summed E-state index contributed by atoms with van der Waals surface area (Å²) in [5, 5.41) is 5.76. The van der Waals surface area contributed by atoms with E-state index >= 15 is 0 Å². The van der Waals surface area contributed by atoms with E-state index in [9.17, 15) is 0 Å².